The van der Waals surface area contributed by atoms with E-state index in [0.29, 0.717) is 11.9 Å². The van der Waals surface area contributed by atoms with Crippen LogP contribution in [-0.4, -0.2) is 20.7 Å². The SMILES string of the molecule is CC(=O)Nc1nc2n(n1)[C@H](c1ccc(C)cc1)C[C@H](c1ccccc1)N2. The molecule has 2 N–H and O–H groups in total. The Morgan fingerprint density at radius 1 is 1.12 bits per heavy atom. The summed E-state index contributed by atoms with van der Waals surface area (Å²) in [6, 6.07) is 19.0. The number of nitrogens with one attached hydrogen (secondary N) is 2. The number of fused-ring (bicyclic) bond motifs is 1. The molecule has 0 saturated carbocycles. The van der Waals surface area contributed by atoms with Gasteiger partial charge in [0.15, 0.2) is 0 Å². The summed E-state index contributed by atoms with van der Waals surface area (Å²) in [6.45, 7) is 3.53. The molecule has 1 aromatic heterocycles. The summed E-state index contributed by atoms with van der Waals surface area (Å²) in [5.41, 5.74) is 3.61. The van der Waals surface area contributed by atoms with Crippen LogP contribution < -0.4 is 10.6 Å². The lowest BCUT2D eigenvalue weighted by atomic mass is 9.93. The fraction of sp³-hybridized carbons (Fsp3) is 0.250. The van der Waals surface area contributed by atoms with Crippen LogP contribution in [0.2, 0.25) is 0 Å². The predicted octanol–water partition coefficient (Wildman–Crippen LogP) is 3.69. The molecular weight excluding hydrogens is 326 g/mol. The van der Waals surface area contributed by atoms with E-state index in [0.717, 1.165) is 6.42 Å². The Hall–Kier alpha value is -3.15. The third kappa shape index (κ3) is 3.18. The van der Waals surface area contributed by atoms with Gasteiger partial charge >= 0.3 is 0 Å². The number of rotatable bonds is 3. The smallest absolute Gasteiger partial charge is 0.250 e. The molecule has 0 saturated heterocycles. The van der Waals surface area contributed by atoms with E-state index in [1.807, 2.05) is 22.9 Å². The summed E-state index contributed by atoms with van der Waals surface area (Å²) in [5.74, 6) is 0.810. The normalized spacial score (nSPS) is 18.7. The van der Waals surface area contributed by atoms with Crippen molar-refractivity contribution in [3.05, 3.63) is 71.3 Å². The first-order chi connectivity index (χ1) is 12.6. The third-order valence-electron chi connectivity index (χ3n) is 4.64. The van der Waals surface area contributed by atoms with Gasteiger partial charge in [-0.1, -0.05) is 60.2 Å². The Morgan fingerprint density at radius 2 is 1.85 bits per heavy atom. The van der Waals surface area contributed by atoms with Crippen molar-refractivity contribution in [2.45, 2.75) is 32.4 Å². The lowest BCUT2D eigenvalue weighted by molar-refractivity contribution is -0.114. The second-order valence-corrected chi connectivity index (χ2v) is 6.65. The van der Waals surface area contributed by atoms with Crippen molar-refractivity contribution in [3.63, 3.8) is 0 Å². The zero-order chi connectivity index (χ0) is 18.1. The zero-order valence-corrected chi connectivity index (χ0v) is 14.8. The van der Waals surface area contributed by atoms with Crippen molar-refractivity contribution in [2.75, 3.05) is 10.6 Å². The Kier molecular flexibility index (Phi) is 4.16. The van der Waals surface area contributed by atoms with Crippen LogP contribution in [0, 0.1) is 6.92 Å². The van der Waals surface area contributed by atoms with Crippen LogP contribution in [-0.2, 0) is 4.79 Å². The molecular formula is C20H21N5O. The highest BCUT2D eigenvalue weighted by Crippen LogP contribution is 2.38. The predicted molar refractivity (Wildman–Crippen MR) is 101 cm³/mol. The number of amides is 1. The number of anilines is 2. The van der Waals surface area contributed by atoms with E-state index in [-0.39, 0.29) is 18.0 Å². The first-order valence-corrected chi connectivity index (χ1v) is 8.72. The minimum Gasteiger partial charge on any atom is -0.347 e. The van der Waals surface area contributed by atoms with Gasteiger partial charge in [0.2, 0.25) is 11.9 Å². The number of nitrogens with zero attached hydrogens (tertiary/aromatic N) is 3. The molecule has 0 aliphatic carbocycles. The van der Waals surface area contributed by atoms with E-state index in [9.17, 15) is 4.79 Å². The Morgan fingerprint density at radius 3 is 2.54 bits per heavy atom. The Balaban J connectivity index is 1.75. The molecule has 0 spiro atoms. The maximum atomic E-state index is 11.4. The first-order valence-electron chi connectivity index (χ1n) is 8.72. The number of aromatic nitrogens is 3. The maximum absolute atomic E-state index is 11.4. The van der Waals surface area contributed by atoms with Crippen molar-refractivity contribution in [1.82, 2.24) is 14.8 Å². The van der Waals surface area contributed by atoms with Gasteiger partial charge in [-0.3, -0.25) is 10.1 Å². The van der Waals surface area contributed by atoms with E-state index in [4.69, 9.17) is 0 Å². The monoisotopic (exact) mass is 347 g/mol. The van der Waals surface area contributed by atoms with Crippen molar-refractivity contribution in [2.24, 2.45) is 0 Å². The molecule has 1 aliphatic rings. The lowest BCUT2D eigenvalue weighted by Gasteiger charge is -2.31. The van der Waals surface area contributed by atoms with E-state index in [1.54, 1.807) is 0 Å². The van der Waals surface area contributed by atoms with Gasteiger partial charge in [-0.2, -0.15) is 4.98 Å². The van der Waals surface area contributed by atoms with E-state index < -0.39 is 0 Å². The second-order valence-electron chi connectivity index (χ2n) is 6.65. The van der Waals surface area contributed by atoms with Crippen molar-refractivity contribution < 1.29 is 4.79 Å². The Bertz CT molecular complexity index is 917. The molecule has 3 aromatic rings. The third-order valence-corrected chi connectivity index (χ3v) is 4.64. The van der Waals surface area contributed by atoms with Crippen molar-refractivity contribution in [3.8, 4) is 0 Å². The lowest BCUT2D eigenvalue weighted by Crippen LogP contribution is -2.28. The van der Waals surface area contributed by atoms with Crippen LogP contribution in [0.25, 0.3) is 0 Å². The molecule has 0 unspecified atom stereocenters. The average Bonchev–Trinajstić information content (AvgIpc) is 3.04. The number of hydrogen-bond acceptors (Lipinski definition) is 4. The summed E-state index contributed by atoms with van der Waals surface area (Å²) >= 11 is 0. The van der Waals surface area contributed by atoms with Gasteiger partial charge in [0.1, 0.15) is 0 Å². The van der Waals surface area contributed by atoms with E-state index >= 15 is 0 Å². The molecule has 0 fully saturated rings. The highest BCUT2D eigenvalue weighted by atomic mass is 16.1. The fourth-order valence-electron chi connectivity index (χ4n) is 3.36. The molecule has 26 heavy (non-hydrogen) atoms. The molecule has 6 heteroatoms. The number of aryl methyl sites for hydroxylation is 1. The van der Waals surface area contributed by atoms with Crippen LogP contribution in [0.5, 0.6) is 0 Å². The summed E-state index contributed by atoms with van der Waals surface area (Å²) in [5, 5.41) is 10.6. The molecule has 6 nitrogen and oxygen atoms in total. The average molecular weight is 347 g/mol. The number of carbonyl (C=O) groups excluding carboxylic acids is 1. The maximum Gasteiger partial charge on any atom is 0.250 e. The zero-order valence-electron chi connectivity index (χ0n) is 14.8. The summed E-state index contributed by atoms with van der Waals surface area (Å²) in [4.78, 5) is 15.8. The van der Waals surface area contributed by atoms with Gasteiger partial charge in [-0.15, -0.1) is 5.10 Å². The van der Waals surface area contributed by atoms with Gasteiger partial charge in [-0.05, 0) is 24.5 Å². The molecule has 1 amide bonds. The molecule has 4 rings (SSSR count). The van der Waals surface area contributed by atoms with Crippen molar-refractivity contribution >= 4 is 17.8 Å². The highest BCUT2D eigenvalue weighted by molar-refractivity contribution is 5.86. The molecule has 0 radical (unpaired) electrons. The molecule has 1 aliphatic heterocycles. The Labute approximate surface area is 152 Å². The van der Waals surface area contributed by atoms with Crippen LogP contribution in [0.3, 0.4) is 0 Å². The molecule has 0 bridgehead atoms. The fourth-order valence-corrected chi connectivity index (χ4v) is 3.36. The highest BCUT2D eigenvalue weighted by Gasteiger charge is 2.31. The summed E-state index contributed by atoms with van der Waals surface area (Å²) in [6.07, 6.45) is 0.850. The van der Waals surface area contributed by atoms with Crippen LogP contribution in [0.15, 0.2) is 54.6 Å². The van der Waals surface area contributed by atoms with Gasteiger partial charge in [0.25, 0.3) is 5.95 Å². The first kappa shape index (κ1) is 16.3. The standard InChI is InChI=1S/C20H21N5O/c1-13-8-10-16(11-9-13)18-12-17(15-6-4-3-5-7-15)22-20-23-19(21-14(2)26)24-25(18)20/h3-11,17-18H,12H2,1-2H3,(H2,21,22,23,24,26)/t17-,18+/m1/s1. The molecule has 2 atom stereocenters. The second kappa shape index (κ2) is 6.63. The summed E-state index contributed by atoms with van der Waals surface area (Å²) in [7, 11) is 0. The van der Waals surface area contributed by atoms with Gasteiger partial charge in [-0.25, -0.2) is 4.68 Å². The molecule has 2 heterocycles. The van der Waals surface area contributed by atoms with Gasteiger partial charge < -0.3 is 5.32 Å². The van der Waals surface area contributed by atoms with Crippen LogP contribution >= 0.6 is 0 Å². The molecule has 132 valence electrons. The quantitative estimate of drug-likeness (QED) is 0.758. The van der Waals surface area contributed by atoms with Gasteiger partial charge in [0.05, 0.1) is 12.1 Å². The van der Waals surface area contributed by atoms with E-state index in [2.05, 4.69) is 64.0 Å². The number of carbonyl (C=O) groups is 1. The largest absolute Gasteiger partial charge is 0.347 e. The number of benzene rings is 2. The van der Waals surface area contributed by atoms with Crippen LogP contribution in [0.4, 0.5) is 11.9 Å². The topological polar surface area (TPSA) is 71.8 Å². The minimum atomic E-state index is -0.181. The van der Waals surface area contributed by atoms with Gasteiger partial charge in [0, 0.05) is 6.92 Å². The number of hydrogen-bond donors (Lipinski definition) is 2. The van der Waals surface area contributed by atoms with E-state index in [1.165, 1.54) is 23.6 Å². The van der Waals surface area contributed by atoms with Crippen LogP contribution in [0.1, 0.15) is 42.1 Å². The molecule has 2 aromatic carbocycles. The minimum absolute atomic E-state index is 0.0482. The summed E-state index contributed by atoms with van der Waals surface area (Å²) < 4.78 is 1.87. The van der Waals surface area contributed by atoms with Crippen molar-refractivity contribution in [1.29, 1.82) is 0 Å².